The van der Waals surface area contributed by atoms with Crippen molar-refractivity contribution in [1.29, 1.82) is 0 Å². The van der Waals surface area contributed by atoms with E-state index in [-0.39, 0.29) is 49.4 Å². The van der Waals surface area contributed by atoms with Gasteiger partial charge in [-0.1, -0.05) is 35.8 Å². The van der Waals surface area contributed by atoms with Crippen LogP contribution in [0.25, 0.3) is 0 Å². The van der Waals surface area contributed by atoms with Crippen molar-refractivity contribution >= 4 is 23.8 Å². The molecule has 5 aliphatic rings. The molecule has 52 heavy (non-hydrogen) atoms. The third-order valence-corrected chi connectivity index (χ3v) is 10.6. The van der Waals surface area contributed by atoms with Gasteiger partial charge in [0.15, 0.2) is 23.0 Å². The lowest BCUT2D eigenvalue weighted by Gasteiger charge is -2.38. The van der Waals surface area contributed by atoms with Crippen LogP contribution in [0.4, 0.5) is 12.0 Å². The van der Waals surface area contributed by atoms with Gasteiger partial charge in [0.25, 0.3) is 0 Å². The van der Waals surface area contributed by atoms with Crippen molar-refractivity contribution in [1.82, 2.24) is 25.0 Å². The number of rotatable bonds is 11. The molecule has 2 amide bonds. The first-order valence-corrected chi connectivity index (χ1v) is 18.2. The summed E-state index contributed by atoms with van der Waals surface area (Å²) in [4.78, 5) is 36.0. The zero-order valence-corrected chi connectivity index (χ0v) is 28.8. The van der Waals surface area contributed by atoms with E-state index in [0.29, 0.717) is 50.0 Å². The first-order valence-electron chi connectivity index (χ1n) is 18.2. The summed E-state index contributed by atoms with van der Waals surface area (Å²) in [7, 11) is 0. The van der Waals surface area contributed by atoms with Crippen molar-refractivity contribution in [2.45, 2.75) is 82.5 Å². The van der Waals surface area contributed by atoms with Gasteiger partial charge in [0, 0.05) is 36.6 Å². The van der Waals surface area contributed by atoms with Crippen molar-refractivity contribution in [2.24, 2.45) is 5.92 Å². The van der Waals surface area contributed by atoms with Gasteiger partial charge in [-0.25, -0.2) is 4.98 Å². The smallest absolute Gasteiger partial charge is 0.322 e. The van der Waals surface area contributed by atoms with E-state index >= 15 is 0 Å². The SMILES string of the molecule is O=C(Nc1ncc(C2CC2)o1)[C@H]1CC(Cc2nnc(NC(=O)[C@H]3CCCCN3Cc3cccc4c3OCO4)o2)CCN1Cc1cccc2c1OCO2. The molecule has 4 aromatic rings. The number of aromatic nitrogens is 3. The molecule has 0 spiro atoms. The second-order valence-corrected chi connectivity index (χ2v) is 14.2. The number of hydrogen-bond acceptors (Lipinski definition) is 13. The number of carbonyl (C=O) groups is 2. The number of fused-ring (bicyclic) bond motifs is 2. The first kappa shape index (κ1) is 32.7. The Morgan fingerprint density at radius 2 is 1.42 bits per heavy atom. The number of likely N-dealkylation sites (tertiary alicyclic amines) is 2. The summed E-state index contributed by atoms with van der Waals surface area (Å²) in [6.07, 6.45) is 8.37. The van der Waals surface area contributed by atoms with Crippen LogP contribution in [0.5, 0.6) is 23.0 Å². The highest BCUT2D eigenvalue weighted by Crippen LogP contribution is 2.41. The molecule has 2 saturated heterocycles. The zero-order chi connectivity index (χ0) is 35.0. The van der Waals surface area contributed by atoms with Crippen LogP contribution in [-0.4, -0.2) is 75.6 Å². The van der Waals surface area contributed by atoms with Gasteiger partial charge in [-0.15, -0.1) is 5.10 Å². The van der Waals surface area contributed by atoms with Crippen molar-refractivity contribution < 1.29 is 37.4 Å². The Morgan fingerprint density at radius 1 is 0.731 bits per heavy atom. The lowest BCUT2D eigenvalue weighted by atomic mass is 9.87. The van der Waals surface area contributed by atoms with Gasteiger partial charge >= 0.3 is 12.0 Å². The number of ether oxygens (including phenoxy) is 4. The second kappa shape index (κ2) is 14.1. The molecule has 3 atom stereocenters. The van der Waals surface area contributed by atoms with E-state index in [1.807, 2.05) is 36.4 Å². The first-order chi connectivity index (χ1) is 25.5. The molecule has 1 saturated carbocycles. The van der Waals surface area contributed by atoms with Crippen molar-refractivity contribution in [3.63, 3.8) is 0 Å². The van der Waals surface area contributed by atoms with E-state index in [1.54, 1.807) is 6.20 Å². The van der Waals surface area contributed by atoms with E-state index in [4.69, 9.17) is 27.8 Å². The molecule has 0 bridgehead atoms. The highest BCUT2D eigenvalue weighted by atomic mass is 16.7. The molecule has 0 radical (unpaired) electrons. The number of nitrogens with one attached hydrogen (secondary N) is 2. The Kier molecular flexibility index (Phi) is 8.88. The minimum absolute atomic E-state index is 0.0742. The summed E-state index contributed by atoms with van der Waals surface area (Å²) in [6.45, 7) is 2.90. The lowest BCUT2D eigenvalue weighted by Crippen LogP contribution is -2.49. The molecule has 6 heterocycles. The molecular weight excluding hydrogens is 670 g/mol. The summed E-state index contributed by atoms with van der Waals surface area (Å²) >= 11 is 0. The fraction of sp³-hybridized carbons (Fsp3) is 0.486. The number of hydrogen-bond donors (Lipinski definition) is 2. The summed E-state index contributed by atoms with van der Waals surface area (Å²) in [5.41, 5.74) is 1.95. The van der Waals surface area contributed by atoms with Gasteiger partial charge in [-0.05, 0) is 69.7 Å². The molecule has 9 rings (SSSR count). The van der Waals surface area contributed by atoms with Gasteiger partial charge in [0.1, 0.15) is 5.76 Å². The minimum atomic E-state index is -0.476. The summed E-state index contributed by atoms with van der Waals surface area (Å²) in [5.74, 6) is 4.23. The predicted octanol–water partition coefficient (Wildman–Crippen LogP) is 4.85. The number of oxazole rings is 1. The van der Waals surface area contributed by atoms with Gasteiger partial charge in [-0.2, -0.15) is 0 Å². The largest absolute Gasteiger partial charge is 0.454 e. The number of piperidine rings is 2. The molecule has 2 aromatic heterocycles. The zero-order valence-electron chi connectivity index (χ0n) is 28.8. The van der Waals surface area contributed by atoms with Crippen LogP contribution >= 0.6 is 0 Å². The lowest BCUT2D eigenvalue weighted by molar-refractivity contribution is -0.124. The quantitative estimate of drug-likeness (QED) is 0.217. The molecule has 272 valence electrons. The summed E-state index contributed by atoms with van der Waals surface area (Å²) in [5, 5.41) is 14.2. The second-order valence-electron chi connectivity index (χ2n) is 14.2. The number of anilines is 2. The molecule has 15 nitrogen and oxygen atoms in total. The molecule has 15 heteroatoms. The van der Waals surface area contributed by atoms with Crippen LogP contribution < -0.4 is 29.6 Å². The third-order valence-electron chi connectivity index (χ3n) is 10.6. The topological polar surface area (TPSA) is 167 Å². The van der Waals surface area contributed by atoms with Gasteiger partial charge in [-0.3, -0.25) is 30.0 Å². The van der Waals surface area contributed by atoms with Crippen LogP contribution in [0.2, 0.25) is 0 Å². The maximum Gasteiger partial charge on any atom is 0.322 e. The Hall–Kier alpha value is -5.15. The van der Waals surface area contributed by atoms with E-state index in [1.165, 1.54) is 0 Å². The average molecular weight is 712 g/mol. The van der Waals surface area contributed by atoms with Crippen LogP contribution in [0.1, 0.15) is 73.6 Å². The molecule has 4 aliphatic heterocycles. The van der Waals surface area contributed by atoms with Crippen LogP contribution in [0.3, 0.4) is 0 Å². The third kappa shape index (κ3) is 6.89. The minimum Gasteiger partial charge on any atom is -0.454 e. The predicted molar refractivity (Wildman–Crippen MR) is 184 cm³/mol. The van der Waals surface area contributed by atoms with Gasteiger partial charge < -0.3 is 27.8 Å². The van der Waals surface area contributed by atoms with E-state index in [9.17, 15) is 9.59 Å². The maximum absolute atomic E-state index is 13.8. The fourth-order valence-corrected chi connectivity index (χ4v) is 7.79. The monoisotopic (exact) mass is 711 g/mol. The van der Waals surface area contributed by atoms with Crippen molar-refractivity contribution in [3.8, 4) is 23.0 Å². The maximum atomic E-state index is 13.8. The highest BCUT2D eigenvalue weighted by molar-refractivity contribution is 5.93. The number of amides is 2. The fourth-order valence-electron chi connectivity index (χ4n) is 7.79. The number of benzene rings is 2. The molecule has 1 unspecified atom stereocenters. The summed E-state index contributed by atoms with van der Waals surface area (Å²) < 4.78 is 34.5. The van der Waals surface area contributed by atoms with Gasteiger partial charge in [0.05, 0.1) is 18.3 Å². The molecular formula is C37H41N7O8. The number of para-hydroxylation sites is 2. The normalized spacial score (nSPS) is 22.7. The van der Waals surface area contributed by atoms with Crippen LogP contribution in [0, 0.1) is 5.92 Å². The Labute approximate surface area is 299 Å². The summed E-state index contributed by atoms with van der Waals surface area (Å²) in [6, 6.07) is 11.1. The van der Waals surface area contributed by atoms with E-state index < -0.39 is 6.04 Å². The molecule has 1 aliphatic carbocycles. The number of nitrogens with zero attached hydrogens (tertiary/aromatic N) is 5. The molecule has 2 aromatic carbocycles. The van der Waals surface area contributed by atoms with E-state index in [2.05, 4.69) is 35.6 Å². The Balaban J connectivity index is 0.856. The van der Waals surface area contributed by atoms with Crippen molar-refractivity contribution in [3.05, 3.63) is 65.4 Å². The average Bonchev–Trinajstić information content (AvgIpc) is 3.56. The van der Waals surface area contributed by atoms with Crippen molar-refractivity contribution in [2.75, 3.05) is 37.3 Å². The van der Waals surface area contributed by atoms with Gasteiger partial charge in [0.2, 0.25) is 31.3 Å². The van der Waals surface area contributed by atoms with E-state index in [0.717, 1.165) is 79.2 Å². The van der Waals surface area contributed by atoms with Crippen LogP contribution in [-0.2, 0) is 29.1 Å². The highest BCUT2D eigenvalue weighted by Gasteiger charge is 2.37. The standard InChI is InChI=1S/C37H41N7O8/c45-34(26-7-1-2-13-43(26)18-24-5-3-8-28-32(24)49-20-47-28)40-37-42-41-31(52-37)16-22-12-14-44(19-25-6-4-9-29-33(25)50-21-48-29)27(15-22)35(46)39-36-38-17-30(51-36)23-10-11-23/h3-6,8-9,17,22-23,26-27H,1-2,7,10-16,18-21H2,(H,38,39,46)(H,40,42,45)/t22?,26-,27-/m1/s1. The Bertz CT molecular complexity index is 1940. The Morgan fingerprint density at radius 3 is 2.15 bits per heavy atom. The molecule has 3 fully saturated rings. The number of carbonyl (C=O) groups excluding carboxylic acids is 2. The van der Waals surface area contributed by atoms with Crippen LogP contribution in [0.15, 0.2) is 51.4 Å². The molecule has 2 N–H and O–H groups in total.